The molecule has 0 spiro atoms. The number of hydrogen-bond acceptors (Lipinski definition) is 2. The van der Waals surface area contributed by atoms with Gasteiger partial charge in [0.15, 0.2) is 0 Å². The van der Waals surface area contributed by atoms with E-state index in [1.807, 2.05) is 29.9 Å². The van der Waals surface area contributed by atoms with Crippen LogP contribution in [0.15, 0.2) is 30.5 Å². The van der Waals surface area contributed by atoms with E-state index in [1.54, 1.807) is 12.1 Å². The standard InChI is InChI=1S/C15H18Cl2N2OS/c1-10(2)19-7-6-13(18-19)9-21(20)11(3)12-4-5-14(16)15(17)8-12/h4-8,10-11H,9H2,1-3H3/t11-,21-/m0/s1. The first kappa shape index (κ1) is 16.5. The van der Waals surface area contributed by atoms with Crippen molar-refractivity contribution in [1.82, 2.24) is 9.78 Å². The lowest BCUT2D eigenvalue weighted by Crippen LogP contribution is -2.07. The van der Waals surface area contributed by atoms with Gasteiger partial charge in [0.2, 0.25) is 0 Å². The fraction of sp³-hybridized carbons (Fsp3) is 0.400. The van der Waals surface area contributed by atoms with Crippen LogP contribution in [0.3, 0.4) is 0 Å². The van der Waals surface area contributed by atoms with Crippen LogP contribution in [0.1, 0.15) is 43.3 Å². The molecule has 0 unspecified atom stereocenters. The van der Waals surface area contributed by atoms with Gasteiger partial charge in [0.05, 0.1) is 26.7 Å². The highest BCUT2D eigenvalue weighted by molar-refractivity contribution is 7.84. The molecule has 2 atom stereocenters. The molecule has 1 aromatic heterocycles. The maximum Gasteiger partial charge on any atom is 0.0749 e. The van der Waals surface area contributed by atoms with E-state index in [1.165, 1.54) is 0 Å². The molecule has 0 amide bonds. The Morgan fingerprint density at radius 3 is 2.48 bits per heavy atom. The molecule has 1 aromatic carbocycles. The number of nitrogens with zero attached hydrogens (tertiary/aromatic N) is 2. The summed E-state index contributed by atoms with van der Waals surface area (Å²) in [5.41, 5.74) is 1.76. The molecule has 2 aromatic rings. The van der Waals surface area contributed by atoms with Crippen LogP contribution in [0.5, 0.6) is 0 Å². The second-order valence-electron chi connectivity index (χ2n) is 5.22. The van der Waals surface area contributed by atoms with E-state index < -0.39 is 10.8 Å². The summed E-state index contributed by atoms with van der Waals surface area (Å²) in [5.74, 6) is 0.432. The quantitative estimate of drug-likeness (QED) is 0.782. The number of benzene rings is 1. The topological polar surface area (TPSA) is 34.9 Å². The van der Waals surface area contributed by atoms with E-state index in [4.69, 9.17) is 23.2 Å². The second-order valence-corrected chi connectivity index (χ2v) is 7.79. The molecule has 0 saturated heterocycles. The molecule has 0 bridgehead atoms. The normalized spacial score (nSPS) is 14.4. The molecular formula is C15H18Cl2N2OS. The molecule has 0 aliphatic heterocycles. The molecule has 21 heavy (non-hydrogen) atoms. The largest absolute Gasteiger partial charge is 0.270 e. The van der Waals surface area contributed by atoms with Gasteiger partial charge in [0.25, 0.3) is 0 Å². The van der Waals surface area contributed by atoms with Gasteiger partial charge in [0.1, 0.15) is 0 Å². The molecule has 0 aliphatic carbocycles. The predicted molar refractivity (Wildman–Crippen MR) is 89.3 cm³/mol. The average molecular weight is 345 g/mol. The van der Waals surface area contributed by atoms with Crippen LogP contribution in [-0.2, 0) is 16.6 Å². The van der Waals surface area contributed by atoms with Crippen LogP contribution in [0.4, 0.5) is 0 Å². The third-order valence-corrected chi connectivity index (χ3v) is 5.67. The Hall–Kier alpha value is -0.840. The van der Waals surface area contributed by atoms with E-state index >= 15 is 0 Å². The smallest absolute Gasteiger partial charge is 0.0749 e. The summed E-state index contributed by atoms with van der Waals surface area (Å²) < 4.78 is 14.3. The zero-order valence-corrected chi connectivity index (χ0v) is 14.5. The highest BCUT2D eigenvalue weighted by Gasteiger charge is 2.16. The number of rotatable bonds is 5. The minimum atomic E-state index is -1.06. The van der Waals surface area contributed by atoms with Gasteiger partial charge in [-0.3, -0.25) is 8.89 Å². The Kier molecular flexibility index (Phi) is 5.47. The molecule has 1 heterocycles. The van der Waals surface area contributed by atoms with Gasteiger partial charge < -0.3 is 0 Å². The van der Waals surface area contributed by atoms with Gasteiger partial charge in [-0.15, -0.1) is 0 Å². The van der Waals surface area contributed by atoms with Crippen molar-refractivity contribution >= 4 is 34.0 Å². The van der Waals surface area contributed by atoms with Crippen LogP contribution < -0.4 is 0 Å². The Balaban J connectivity index is 2.09. The van der Waals surface area contributed by atoms with E-state index in [2.05, 4.69) is 18.9 Å². The van der Waals surface area contributed by atoms with Crippen LogP contribution >= 0.6 is 23.2 Å². The van der Waals surface area contributed by atoms with Crippen molar-refractivity contribution in [2.45, 2.75) is 37.8 Å². The van der Waals surface area contributed by atoms with Crippen LogP contribution in [0.25, 0.3) is 0 Å². The zero-order chi connectivity index (χ0) is 15.6. The fourth-order valence-electron chi connectivity index (χ4n) is 1.93. The molecule has 0 radical (unpaired) electrons. The third-order valence-electron chi connectivity index (χ3n) is 3.29. The summed E-state index contributed by atoms with van der Waals surface area (Å²) in [4.78, 5) is 0. The highest BCUT2D eigenvalue weighted by Crippen LogP contribution is 2.28. The lowest BCUT2D eigenvalue weighted by Gasteiger charge is -2.12. The second kappa shape index (κ2) is 6.95. The van der Waals surface area contributed by atoms with Crippen LogP contribution in [-0.4, -0.2) is 14.0 Å². The summed E-state index contributed by atoms with van der Waals surface area (Å²) in [6.45, 7) is 6.05. The molecule has 114 valence electrons. The van der Waals surface area contributed by atoms with Crippen LogP contribution in [0, 0.1) is 0 Å². The molecule has 0 N–H and O–H groups in total. The molecular weight excluding hydrogens is 327 g/mol. The summed E-state index contributed by atoms with van der Waals surface area (Å²) in [6.07, 6.45) is 1.92. The Morgan fingerprint density at radius 2 is 1.90 bits per heavy atom. The van der Waals surface area contributed by atoms with Crippen molar-refractivity contribution in [2.24, 2.45) is 0 Å². The van der Waals surface area contributed by atoms with Crippen molar-refractivity contribution in [3.8, 4) is 0 Å². The summed E-state index contributed by atoms with van der Waals surface area (Å²) >= 11 is 11.9. The minimum Gasteiger partial charge on any atom is -0.270 e. The Bertz CT molecular complexity index is 655. The van der Waals surface area contributed by atoms with Crippen molar-refractivity contribution in [3.05, 3.63) is 51.8 Å². The lowest BCUT2D eigenvalue weighted by molar-refractivity contribution is 0.528. The Morgan fingerprint density at radius 1 is 1.19 bits per heavy atom. The van der Waals surface area contributed by atoms with E-state index in [-0.39, 0.29) is 5.25 Å². The van der Waals surface area contributed by atoms with Crippen molar-refractivity contribution in [1.29, 1.82) is 0 Å². The highest BCUT2D eigenvalue weighted by atomic mass is 35.5. The number of aromatic nitrogens is 2. The van der Waals surface area contributed by atoms with E-state index in [0.717, 1.165) is 11.3 Å². The predicted octanol–water partition coefficient (Wildman–Crippen LogP) is 4.78. The monoisotopic (exact) mass is 344 g/mol. The molecule has 3 nitrogen and oxygen atoms in total. The first-order valence-corrected chi connectivity index (χ1v) is 8.88. The molecule has 0 aliphatic rings. The van der Waals surface area contributed by atoms with Crippen molar-refractivity contribution in [3.63, 3.8) is 0 Å². The van der Waals surface area contributed by atoms with Gasteiger partial charge in [-0.05, 0) is 44.5 Å². The average Bonchev–Trinajstić information content (AvgIpc) is 2.89. The van der Waals surface area contributed by atoms with E-state index in [0.29, 0.717) is 21.8 Å². The molecule has 0 saturated carbocycles. The van der Waals surface area contributed by atoms with Crippen molar-refractivity contribution in [2.75, 3.05) is 0 Å². The fourth-order valence-corrected chi connectivity index (χ4v) is 3.38. The first-order chi connectivity index (χ1) is 9.88. The maximum absolute atomic E-state index is 12.5. The van der Waals surface area contributed by atoms with Gasteiger partial charge in [0, 0.05) is 23.0 Å². The molecule has 6 heteroatoms. The van der Waals surface area contributed by atoms with E-state index in [9.17, 15) is 4.21 Å². The molecule has 2 rings (SSSR count). The van der Waals surface area contributed by atoms with Gasteiger partial charge >= 0.3 is 0 Å². The third kappa shape index (κ3) is 4.09. The number of halogens is 2. The van der Waals surface area contributed by atoms with Crippen LogP contribution in [0.2, 0.25) is 10.0 Å². The maximum atomic E-state index is 12.5. The summed E-state index contributed by atoms with van der Waals surface area (Å²) in [5, 5.41) is 5.31. The zero-order valence-electron chi connectivity index (χ0n) is 12.2. The summed E-state index contributed by atoms with van der Waals surface area (Å²) in [6, 6.07) is 7.60. The SMILES string of the molecule is CC(C)n1ccc(C[S@](=O)[C@@H](C)c2ccc(Cl)c(Cl)c2)n1. The van der Waals surface area contributed by atoms with Gasteiger partial charge in [-0.25, -0.2) is 0 Å². The summed E-state index contributed by atoms with van der Waals surface area (Å²) in [7, 11) is -1.06. The first-order valence-electron chi connectivity index (χ1n) is 6.74. The van der Waals surface area contributed by atoms with Gasteiger partial charge in [-0.1, -0.05) is 29.3 Å². The molecule has 0 fully saturated rings. The van der Waals surface area contributed by atoms with Crippen molar-refractivity contribution < 1.29 is 4.21 Å². The Labute approximate surface area is 137 Å². The minimum absolute atomic E-state index is 0.121. The number of hydrogen-bond donors (Lipinski definition) is 0. The van der Waals surface area contributed by atoms with Gasteiger partial charge in [-0.2, -0.15) is 5.10 Å². The lowest BCUT2D eigenvalue weighted by atomic mass is 10.2.